The Morgan fingerprint density at radius 3 is 2.47 bits per heavy atom. The van der Waals surface area contributed by atoms with Crippen LogP contribution in [0.5, 0.6) is 5.75 Å². The van der Waals surface area contributed by atoms with Gasteiger partial charge in [0.15, 0.2) is 0 Å². The van der Waals surface area contributed by atoms with E-state index in [-0.39, 0.29) is 30.1 Å². The molecule has 194 valence electrons. The number of aromatic nitrogens is 2. The van der Waals surface area contributed by atoms with Crippen molar-refractivity contribution in [2.24, 2.45) is 5.92 Å². The Morgan fingerprint density at radius 1 is 1.08 bits per heavy atom. The molecule has 1 aliphatic rings. The minimum absolute atomic E-state index is 0.128. The van der Waals surface area contributed by atoms with Gasteiger partial charge in [-0.2, -0.15) is 0 Å². The standard InChI is InChI=1S/C30H29FN4O3/c1-20-8-13-24(16-26(20)31)35-18-27(22-6-4-3-5-7-22)32-30(35)33-28(36)19-34(17-21-9-10-21)29(37)23-11-14-25(38-2)15-12-23/h3-8,11-16,18,21H,9-10,17,19H2,1-2H3,(H,32,33,36). The predicted octanol–water partition coefficient (Wildman–Crippen LogP) is 5.49. The van der Waals surface area contributed by atoms with E-state index in [4.69, 9.17) is 4.74 Å². The maximum absolute atomic E-state index is 14.4. The fraction of sp³-hybridized carbons (Fsp3) is 0.233. The third kappa shape index (κ3) is 5.75. The first-order chi connectivity index (χ1) is 18.4. The molecule has 5 rings (SSSR count). The SMILES string of the molecule is COc1ccc(C(=O)N(CC(=O)Nc2nc(-c3ccccc3)cn2-c2ccc(C)c(F)c2)CC2CC2)cc1. The number of hydrogen-bond acceptors (Lipinski definition) is 4. The molecule has 0 atom stereocenters. The minimum Gasteiger partial charge on any atom is -0.497 e. The third-order valence-corrected chi connectivity index (χ3v) is 6.59. The van der Waals surface area contributed by atoms with Crippen LogP contribution in [0.1, 0.15) is 28.8 Å². The lowest BCUT2D eigenvalue weighted by atomic mass is 10.2. The van der Waals surface area contributed by atoms with Crippen LogP contribution in [0.4, 0.5) is 10.3 Å². The van der Waals surface area contributed by atoms with Crippen molar-refractivity contribution in [1.29, 1.82) is 0 Å². The molecule has 1 fully saturated rings. The van der Waals surface area contributed by atoms with Crippen LogP contribution in [0.25, 0.3) is 16.9 Å². The number of methoxy groups -OCH3 is 1. The maximum atomic E-state index is 14.4. The number of nitrogens with one attached hydrogen (secondary N) is 1. The molecule has 1 aliphatic carbocycles. The van der Waals surface area contributed by atoms with Crippen molar-refractivity contribution in [3.05, 3.63) is 95.9 Å². The van der Waals surface area contributed by atoms with Gasteiger partial charge in [0.25, 0.3) is 5.91 Å². The number of rotatable bonds is 9. The maximum Gasteiger partial charge on any atom is 0.254 e. The fourth-order valence-corrected chi connectivity index (χ4v) is 4.23. The Morgan fingerprint density at radius 2 is 1.82 bits per heavy atom. The number of carbonyl (C=O) groups excluding carboxylic acids is 2. The highest BCUT2D eigenvalue weighted by Crippen LogP contribution is 2.30. The third-order valence-electron chi connectivity index (χ3n) is 6.59. The van der Waals surface area contributed by atoms with Gasteiger partial charge in [-0.05, 0) is 67.6 Å². The summed E-state index contributed by atoms with van der Waals surface area (Å²) in [6.45, 7) is 2.07. The highest BCUT2D eigenvalue weighted by molar-refractivity contribution is 5.99. The van der Waals surface area contributed by atoms with Gasteiger partial charge in [0, 0.05) is 23.9 Å². The van der Waals surface area contributed by atoms with E-state index in [9.17, 15) is 14.0 Å². The van der Waals surface area contributed by atoms with E-state index < -0.39 is 0 Å². The summed E-state index contributed by atoms with van der Waals surface area (Å²) in [5.41, 5.74) is 3.03. The van der Waals surface area contributed by atoms with Gasteiger partial charge in [-0.3, -0.25) is 19.5 Å². The van der Waals surface area contributed by atoms with Gasteiger partial charge in [0.05, 0.1) is 18.5 Å². The summed E-state index contributed by atoms with van der Waals surface area (Å²) in [5.74, 6) is 0.347. The molecule has 4 aromatic rings. The van der Waals surface area contributed by atoms with Crippen molar-refractivity contribution in [2.45, 2.75) is 19.8 Å². The number of imidazole rings is 1. The average molecular weight is 513 g/mol. The van der Waals surface area contributed by atoms with Crippen molar-refractivity contribution in [3.8, 4) is 22.7 Å². The van der Waals surface area contributed by atoms with Crippen molar-refractivity contribution in [1.82, 2.24) is 14.5 Å². The predicted molar refractivity (Wildman–Crippen MR) is 144 cm³/mol. The molecule has 3 aromatic carbocycles. The summed E-state index contributed by atoms with van der Waals surface area (Å²) in [7, 11) is 1.57. The summed E-state index contributed by atoms with van der Waals surface area (Å²) in [5, 5.41) is 2.86. The number of carbonyl (C=O) groups is 2. The lowest BCUT2D eigenvalue weighted by Crippen LogP contribution is -2.39. The van der Waals surface area contributed by atoms with Crippen LogP contribution in [0.2, 0.25) is 0 Å². The fourth-order valence-electron chi connectivity index (χ4n) is 4.23. The molecule has 0 bridgehead atoms. The van der Waals surface area contributed by atoms with Gasteiger partial charge < -0.3 is 9.64 Å². The number of nitrogens with zero attached hydrogens (tertiary/aromatic N) is 3. The summed E-state index contributed by atoms with van der Waals surface area (Å²) >= 11 is 0. The molecule has 0 saturated heterocycles. The Bertz CT molecular complexity index is 1450. The zero-order valence-corrected chi connectivity index (χ0v) is 21.4. The van der Waals surface area contributed by atoms with Crippen LogP contribution in [0.3, 0.4) is 0 Å². The highest BCUT2D eigenvalue weighted by Gasteiger charge is 2.29. The van der Waals surface area contributed by atoms with Crippen molar-refractivity contribution < 1.29 is 18.7 Å². The van der Waals surface area contributed by atoms with Crippen molar-refractivity contribution in [3.63, 3.8) is 0 Å². The van der Waals surface area contributed by atoms with E-state index in [1.54, 1.807) is 66.1 Å². The van der Waals surface area contributed by atoms with Crippen LogP contribution in [-0.4, -0.2) is 46.5 Å². The van der Waals surface area contributed by atoms with Crippen LogP contribution in [0.15, 0.2) is 79.0 Å². The molecule has 2 amide bonds. The molecule has 1 heterocycles. The minimum atomic E-state index is -0.383. The van der Waals surface area contributed by atoms with E-state index in [2.05, 4.69) is 10.3 Å². The second kappa shape index (κ2) is 10.9. The first-order valence-corrected chi connectivity index (χ1v) is 12.6. The highest BCUT2D eigenvalue weighted by atomic mass is 19.1. The topological polar surface area (TPSA) is 76.5 Å². The summed E-state index contributed by atoms with van der Waals surface area (Å²) in [4.78, 5) is 32.8. The molecular formula is C30H29FN4O3. The second-order valence-electron chi connectivity index (χ2n) is 9.52. The van der Waals surface area contributed by atoms with Gasteiger partial charge in [-0.15, -0.1) is 0 Å². The number of halogens is 1. The number of ether oxygens (including phenoxy) is 1. The van der Waals surface area contributed by atoms with Crippen LogP contribution in [-0.2, 0) is 4.79 Å². The van der Waals surface area contributed by atoms with E-state index >= 15 is 0 Å². The molecule has 0 radical (unpaired) electrons. The summed E-state index contributed by atoms with van der Waals surface area (Å²) < 4.78 is 21.3. The number of aryl methyl sites for hydroxylation is 1. The van der Waals surface area contributed by atoms with Crippen LogP contribution >= 0.6 is 0 Å². The first kappa shape index (κ1) is 25.2. The van der Waals surface area contributed by atoms with E-state index in [0.29, 0.717) is 40.7 Å². The monoisotopic (exact) mass is 512 g/mol. The number of amides is 2. The molecule has 1 N–H and O–H groups in total. The second-order valence-corrected chi connectivity index (χ2v) is 9.52. The molecule has 0 aliphatic heterocycles. The molecule has 7 nitrogen and oxygen atoms in total. The zero-order valence-electron chi connectivity index (χ0n) is 21.4. The molecule has 38 heavy (non-hydrogen) atoms. The van der Waals surface area contributed by atoms with Crippen LogP contribution in [0, 0.1) is 18.7 Å². The van der Waals surface area contributed by atoms with Crippen molar-refractivity contribution in [2.75, 3.05) is 25.5 Å². The van der Waals surface area contributed by atoms with Gasteiger partial charge >= 0.3 is 0 Å². The lowest BCUT2D eigenvalue weighted by molar-refractivity contribution is -0.117. The smallest absolute Gasteiger partial charge is 0.254 e. The normalized spacial score (nSPS) is 12.7. The molecule has 0 unspecified atom stereocenters. The van der Waals surface area contributed by atoms with Gasteiger partial charge in [0.2, 0.25) is 11.9 Å². The zero-order chi connectivity index (χ0) is 26.6. The average Bonchev–Trinajstić information content (AvgIpc) is 3.66. The number of anilines is 1. The van der Waals surface area contributed by atoms with E-state index in [1.165, 1.54) is 6.07 Å². The summed E-state index contributed by atoms with van der Waals surface area (Å²) in [6.07, 6.45) is 3.84. The quantitative estimate of drug-likeness (QED) is 0.322. The molecule has 8 heteroatoms. The van der Waals surface area contributed by atoms with Crippen LogP contribution < -0.4 is 10.1 Å². The first-order valence-electron chi connectivity index (χ1n) is 12.6. The molecule has 0 spiro atoms. The molecule has 1 saturated carbocycles. The largest absolute Gasteiger partial charge is 0.497 e. The van der Waals surface area contributed by atoms with Gasteiger partial charge in [0.1, 0.15) is 18.1 Å². The molecular weight excluding hydrogens is 483 g/mol. The van der Waals surface area contributed by atoms with Crippen molar-refractivity contribution >= 4 is 17.8 Å². The Labute approximate surface area is 220 Å². The Kier molecular flexibility index (Phi) is 7.22. The Balaban J connectivity index is 1.40. The van der Waals surface area contributed by atoms with Gasteiger partial charge in [-0.25, -0.2) is 9.37 Å². The summed E-state index contributed by atoms with van der Waals surface area (Å²) in [6, 6.07) is 21.3. The Hall–Kier alpha value is -4.46. The van der Waals surface area contributed by atoms with E-state index in [0.717, 1.165) is 18.4 Å². The number of hydrogen-bond donors (Lipinski definition) is 1. The van der Waals surface area contributed by atoms with E-state index in [1.807, 2.05) is 30.3 Å². The number of benzene rings is 3. The lowest BCUT2D eigenvalue weighted by Gasteiger charge is -2.22. The molecule has 1 aromatic heterocycles. The van der Waals surface area contributed by atoms with Gasteiger partial charge in [-0.1, -0.05) is 36.4 Å².